The summed E-state index contributed by atoms with van der Waals surface area (Å²) >= 11 is 0. The van der Waals surface area contributed by atoms with Gasteiger partial charge in [-0.05, 0) is 31.3 Å². The Morgan fingerprint density at radius 1 is 1.00 bits per heavy atom. The number of anilines is 2. The van der Waals surface area contributed by atoms with Crippen LogP contribution in [-0.2, 0) is 10.0 Å². The number of nitro benzene ring substituents is 1. The van der Waals surface area contributed by atoms with Gasteiger partial charge in [0.05, 0.1) is 21.5 Å². The topological polar surface area (TPSA) is 127 Å². The maximum atomic E-state index is 13.0. The van der Waals surface area contributed by atoms with E-state index in [2.05, 4.69) is 11.1 Å². The monoisotopic (exact) mass is 471 g/mol. The van der Waals surface area contributed by atoms with E-state index in [1.54, 1.807) is 18.3 Å². The van der Waals surface area contributed by atoms with Crippen molar-refractivity contribution in [1.29, 1.82) is 5.26 Å². The molecule has 0 spiro atoms. The fraction of sp³-hybridized carbons (Fsp3) is 0.429. The summed E-state index contributed by atoms with van der Waals surface area (Å²) in [6, 6.07) is 9.62. The third-order valence-corrected chi connectivity index (χ3v) is 7.96. The molecule has 0 bridgehead atoms. The van der Waals surface area contributed by atoms with E-state index >= 15 is 0 Å². The Labute approximate surface area is 192 Å². The number of aromatic nitrogens is 1. The molecule has 2 aromatic rings. The van der Waals surface area contributed by atoms with E-state index < -0.39 is 14.9 Å². The Kier molecular flexibility index (Phi) is 6.46. The summed E-state index contributed by atoms with van der Waals surface area (Å²) in [7, 11) is -1.87. The standard InChI is InChI=1S/C21H25N7O4S/c1-24-6-12-27(13-7-24)33(31,32)18-2-3-19(20(15-18)28(29)30)25-8-10-26(11-9-25)21-14-17(16-22)4-5-23-21/h2-5,14-15H,6-13H2,1H3. The predicted octanol–water partition coefficient (Wildman–Crippen LogP) is 1.12. The molecular weight excluding hydrogens is 446 g/mol. The lowest BCUT2D eigenvalue weighted by atomic mass is 10.2. The molecule has 0 saturated carbocycles. The van der Waals surface area contributed by atoms with Crippen molar-refractivity contribution in [1.82, 2.24) is 14.2 Å². The Bertz CT molecular complexity index is 1180. The molecule has 0 radical (unpaired) electrons. The summed E-state index contributed by atoms with van der Waals surface area (Å²) in [5.41, 5.74) is 0.703. The van der Waals surface area contributed by atoms with Crippen LogP contribution in [0.5, 0.6) is 0 Å². The van der Waals surface area contributed by atoms with Crippen molar-refractivity contribution in [2.24, 2.45) is 0 Å². The van der Waals surface area contributed by atoms with Crippen molar-refractivity contribution in [3.63, 3.8) is 0 Å². The van der Waals surface area contributed by atoms with E-state index in [9.17, 15) is 18.5 Å². The van der Waals surface area contributed by atoms with Gasteiger partial charge >= 0.3 is 0 Å². The highest BCUT2D eigenvalue weighted by Crippen LogP contribution is 2.33. The molecule has 0 aliphatic carbocycles. The number of piperazine rings is 2. The molecule has 1 aromatic heterocycles. The smallest absolute Gasteiger partial charge is 0.293 e. The van der Waals surface area contributed by atoms with Crippen LogP contribution in [0.15, 0.2) is 41.4 Å². The molecule has 2 fully saturated rings. The van der Waals surface area contributed by atoms with Crippen molar-refractivity contribution < 1.29 is 13.3 Å². The molecule has 0 unspecified atom stereocenters. The van der Waals surface area contributed by atoms with Crippen LogP contribution in [-0.4, -0.2) is 86.9 Å². The molecule has 12 heteroatoms. The van der Waals surface area contributed by atoms with Crippen LogP contribution in [0.25, 0.3) is 0 Å². The number of likely N-dealkylation sites (N-methyl/N-ethyl adjacent to an activating group) is 1. The molecule has 3 heterocycles. The summed E-state index contributed by atoms with van der Waals surface area (Å²) in [5, 5.41) is 20.9. The average molecular weight is 472 g/mol. The highest BCUT2D eigenvalue weighted by atomic mass is 32.2. The third kappa shape index (κ3) is 4.75. The number of nitrogens with zero attached hydrogens (tertiary/aromatic N) is 7. The minimum Gasteiger partial charge on any atom is -0.362 e. The normalized spacial score (nSPS) is 18.2. The lowest BCUT2D eigenvalue weighted by Gasteiger charge is -2.36. The van der Waals surface area contributed by atoms with Crippen LogP contribution in [0.1, 0.15) is 5.56 Å². The molecule has 33 heavy (non-hydrogen) atoms. The first-order valence-electron chi connectivity index (χ1n) is 10.6. The minimum atomic E-state index is -3.80. The largest absolute Gasteiger partial charge is 0.362 e. The van der Waals surface area contributed by atoms with Gasteiger partial charge in [0.1, 0.15) is 11.5 Å². The number of nitro groups is 1. The van der Waals surface area contributed by atoms with Crippen LogP contribution in [0.4, 0.5) is 17.2 Å². The minimum absolute atomic E-state index is 0.0568. The summed E-state index contributed by atoms with van der Waals surface area (Å²) in [5.74, 6) is 0.691. The van der Waals surface area contributed by atoms with Crippen molar-refractivity contribution in [2.75, 3.05) is 69.2 Å². The van der Waals surface area contributed by atoms with Gasteiger partial charge in [-0.3, -0.25) is 10.1 Å². The Morgan fingerprint density at radius 3 is 2.30 bits per heavy atom. The third-order valence-electron chi connectivity index (χ3n) is 6.06. The predicted molar refractivity (Wildman–Crippen MR) is 123 cm³/mol. The zero-order valence-electron chi connectivity index (χ0n) is 18.3. The highest BCUT2D eigenvalue weighted by Gasteiger charge is 2.31. The zero-order chi connectivity index (χ0) is 23.6. The Morgan fingerprint density at radius 2 is 1.67 bits per heavy atom. The molecule has 2 aliphatic heterocycles. The van der Waals surface area contributed by atoms with Gasteiger partial charge in [-0.25, -0.2) is 13.4 Å². The fourth-order valence-corrected chi connectivity index (χ4v) is 5.53. The first kappa shape index (κ1) is 22.9. The lowest BCUT2D eigenvalue weighted by Crippen LogP contribution is -2.47. The number of hydrogen-bond donors (Lipinski definition) is 0. The van der Waals surface area contributed by atoms with Crippen LogP contribution < -0.4 is 9.80 Å². The molecule has 0 amide bonds. The van der Waals surface area contributed by atoms with Gasteiger partial charge in [0.2, 0.25) is 10.0 Å². The summed E-state index contributed by atoms with van der Waals surface area (Å²) in [4.78, 5) is 21.5. The molecule has 0 atom stereocenters. The van der Waals surface area contributed by atoms with Crippen molar-refractivity contribution in [2.45, 2.75) is 4.90 Å². The second kappa shape index (κ2) is 9.30. The van der Waals surface area contributed by atoms with E-state index in [4.69, 9.17) is 5.26 Å². The summed E-state index contributed by atoms with van der Waals surface area (Å²) < 4.78 is 27.5. The van der Waals surface area contributed by atoms with E-state index in [0.717, 1.165) is 0 Å². The number of pyridine rings is 1. The lowest BCUT2D eigenvalue weighted by molar-refractivity contribution is -0.384. The van der Waals surface area contributed by atoms with Gasteiger partial charge < -0.3 is 14.7 Å². The first-order chi connectivity index (χ1) is 15.8. The Hall–Kier alpha value is -3.27. The van der Waals surface area contributed by atoms with E-state index in [0.29, 0.717) is 69.4 Å². The second-order valence-corrected chi connectivity index (χ2v) is 10.0. The van der Waals surface area contributed by atoms with Crippen molar-refractivity contribution >= 4 is 27.2 Å². The number of benzene rings is 1. The SMILES string of the molecule is CN1CCN(S(=O)(=O)c2ccc(N3CCN(c4cc(C#N)ccn4)CC3)c([N+](=O)[O-])c2)CC1. The highest BCUT2D eigenvalue weighted by molar-refractivity contribution is 7.89. The quantitative estimate of drug-likeness (QED) is 0.466. The van der Waals surface area contributed by atoms with Gasteiger partial charge in [0, 0.05) is 64.6 Å². The van der Waals surface area contributed by atoms with Gasteiger partial charge in [-0.2, -0.15) is 9.57 Å². The van der Waals surface area contributed by atoms with Crippen LogP contribution in [0.2, 0.25) is 0 Å². The second-order valence-electron chi connectivity index (χ2n) is 8.10. The fourth-order valence-electron chi connectivity index (χ4n) is 4.09. The maximum absolute atomic E-state index is 13.0. The molecule has 1 aromatic carbocycles. The number of rotatable bonds is 5. The molecule has 4 rings (SSSR count). The summed E-state index contributed by atoms with van der Waals surface area (Å²) in [6.45, 7) is 4.11. The molecule has 2 saturated heterocycles. The molecule has 0 N–H and O–H groups in total. The van der Waals surface area contributed by atoms with Gasteiger partial charge in [0.15, 0.2) is 0 Å². The van der Waals surface area contributed by atoms with Crippen LogP contribution in [0.3, 0.4) is 0 Å². The van der Waals surface area contributed by atoms with Crippen LogP contribution in [0, 0.1) is 21.4 Å². The summed E-state index contributed by atoms with van der Waals surface area (Å²) in [6.07, 6.45) is 1.59. The van der Waals surface area contributed by atoms with E-state index in [-0.39, 0.29) is 10.6 Å². The Balaban J connectivity index is 1.53. The maximum Gasteiger partial charge on any atom is 0.293 e. The first-order valence-corrected chi connectivity index (χ1v) is 12.1. The van der Waals surface area contributed by atoms with Gasteiger partial charge in [-0.1, -0.05) is 0 Å². The van der Waals surface area contributed by atoms with Crippen molar-refractivity contribution in [3.8, 4) is 6.07 Å². The molecule has 11 nitrogen and oxygen atoms in total. The molecule has 174 valence electrons. The van der Waals surface area contributed by atoms with Crippen LogP contribution >= 0.6 is 0 Å². The van der Waals surface area contributed by atoms with Crippen molar-refractivity contribution in [3.05, 3.63) is 52.2 Å². The zero-order valence-corrected chi connectivity index (χ0v) is 19.1. The average Bonchev–Trinajstić information content (AvgIpc) is 2.84. The number of sulfonamides is 1. The van der Waals surface area contributed by atoms with Gasteiger partial charge in [-0.15, -0.1) is 0 Å². The molecule has 2 aliphatic rings. The number of nitriles is 1. The van der Waals surface area contributed by atoms with Gasteiger partial charge in [0.25, 0.3) is 5.69 Å². The number of hydrogen-bond acceptors (Lipinski definition) is 9. The molecular formula is C21H25N7O4S. The van der Waals surface area contributed by atoms with E-state index in [1.807, 2.05) is 21.7 Å². The van der Waals surface area contributed by atoms with E-state index in [1.165, 1.54) is 22.5 Å².